The van der Waals surface area contributed by atoms with Crippen molar-refractivity contribution >= 4 is 30.1 Å². The van der Waals surface area contributed by atoms with Crippen LogP contribution in [0.15, 0.2) is 17.6 Å². The van der Waals surface area contributed by atoms with Crippen molar-refractivity contribution in [1.82, 2.24) is 0 Å². The molecule has 3 heteroatoms. The molecule has 1 rings (SSSR count). The Balaban J connectivity index is 3.58. The van der Waals surface area contributed by atoms with E-state index in [1.54, 1.807) is 13.2 Å². The summed E-state index contributed by atoms with van der Waals surface area (Å²) in [6, 6.07) is 1.83. The summed E-state index contributed by atoms with van der Waals surface area (Å²) in [5.74, 6) is 0.544. The van der Waals surface area contributed by atoms with Gasteiger partial charge in [-0.1, -0.05) is 24.3 Å². The maximum absolute atomic E-state index is 6.00. The molecule has 0 heterocycles. The summed E-state index contributed by atoms with van der Waals surface area (Å²) in [5.41, 5.74) is 2.56. The molecule has 0 saturated heterocycles. The van der Waals surface area contributed by atoms with E-state index in [0.29, 0.717) is 16.5 Å². The largest absolute Gasteiger partial charge is 0.493 e. The molecule has 0 aliphatic heterocycles. The van der Waals surface area contributed by atoms with Crippen LogP contribution in [-0.2, 0) is 0 Å². The van der Waals surface area contributed by atoms with E-state index in [9.17, 15) is 0 Å². The zero-order chi connectivity index (χ0) is 10.7. The fourth-order valence-corrected chi connectivity index (χ4v) is 1.69. The summed E-state index contributed by atoms with van der Waals surface area (Å²) in [7, 11) is 1.55. The van der Waals surface area contributed by atoms with E-state index in [1.807, 2.05) is 13.0 Å². The number of halogens is 1. The first-order chi connectivity index (χ1) is 6.65. The van der Waals surface area contributed by atoms with Gasteiger partial charge in [-0.05, 0) is 25.3 Å². The molecule has 0 bridgehead atoms. The first kappa shape index (κ1) is 10.8. The molecule has 1 aromatic rings. The van der Waals surface area contributed by atoms with E-state index in [4.69, 9.17) is 16.3 Å². The molecule has 0 spiro atoms. The molecule has 0 saturated carbocycles. The van der Waals surface area contributed by atoms with Crippen molar-refractivity contribution < 1.29 is 4.74 Å². The Morgan fingerprint density at radius 2 is 2.21 bits per heavy atom. The predicted molar refractivity (Wildman–Crippen MR) is 62.0 cm³/mol. The minimum absolute atomic E-state index is 0.540. The Bertz CT molecular complexity index is 385. The van der Waals surface area contributed by atoms with Gasteiger partial charge in [-0.2, -0.15) is 0 Å². The van der Waals surface area contributed by atoms with Gasteiger partial charge in [0.05, 0.1) is 12.1 Å². The number of hydrogen-bond acceptors (Lipinski definition) is 2. The summed E-state index contributed by atoms with van der Waals surface area (Å²) in [6.07, 6.45) is 1.72. The lowest BCUT2D eigenvalue weighted by atomic mass is 10.1. The molecule has 1 aromatic carbocycles. The van der Waals surface area contributed by atoms with Crippen LogP contribution in [0, 0.1) is 6.92 Å². The summed E-state index contributed by atoms with van der Waals surface area (Å²) < 4.78 is 5.15. The molecule has 0 aliphatic rings. The van der Waals surface area contributed by atoms with E-state index >= 15 is 0 Å². The van der Waals surface area contributed by atoms with E-state index in [2.05, 4.69) is 18.3 Å². The smallest absolute Gasteiger partial charge is 0.163 e. The highest BCUT2D eigenvalue weighted by molar-refractivity contribution is 6.32. The van der Waals surface area contributed by atoms with Gasteiger partial charge in [0.25, 0.3) is 0 Å². The average Bonchev–Trinajstić information content (AvgIpc) is 2.16. The topological polar surface area (TPSA) is 21.6 Å². The summed E-state index contributed by atoms with van der Waals surface area (Å²) in [5, 5.41) is 0.540. The maximum Gasteiger partial charge on any atom is 0.163 e. The van der Waals surface area contributed by atoms with Crippen LogP contribution in [0.2, 0.25) is 5.02 Å². The van der Waals surface area contributed by atoms with Gasteiger partial charge in [-0.15, -0.1) is 0 Å². The number of benzene rings is 1. The average molecular weight is 210 g/mol. The fourth-order valence-electron chi connectivity index (χ4n) is 1.36. The van der Waals surface area contributed by atoms with Crippen molar-refractivity contribution in [2.24, 2.45) is 4.99 Å². The van der Waals surface area contributed by atoms with E-state index in [0.717, 1.165) is 11.1 Å². The molecule has 0 N–H and O–H groups in total. The molecule has 0 fully saturated rings. The summed E-state index contributed by atoms with van der Waals surface area (Å²) >= 11 is 6.00. The minimum Gasteiger partial charge on any atom is -0.493 e. The lowest BCUT2D eigenvalue weighted by Gasteiger charge is -2.11. The van der Waals surface area contributed by atoms with Crippen LogP contribution < -0.4 is 4.74 Å². The molecule has 0 atom stereocenters. The van der Waals surface area contributed by atoms with Gasteiger partial charge in [-0.3, -0.25) is 4.99 Å². The zero-order valence-corrected chi connectivity index (χ0v) is 9.06. The highest BCUT2D eigenvalue weighted by atomic mass is 35.5. The third kappa shape index (κ3) is 1.66. The lowest BCUT2D eigenvalue weighted by Crippen LogP contribution is -1.90. The molecular formula is C11H12ClNO. The van der Waals surface area contributed by atoms with Crippen molar-refractivity contribution in [3.63, 3.8) is 0 Å². The van der Waals surface area contributed by atoms with Crippen LogP contribution in [0.1, 0.15) is 11.1 Å². The highest BCUT2D eigenvalue weighted by Crippen LogP contribution is 2.40. The lowest BCUT2D eigenvalue weighted by molar-refractivity contribution is 0.416. The van der Waals surface area contributed by atoms with E-state index < -0.39 is 0 Å². The van der Waals surface area contributed by atoms with Gasteiger partial charge in [0.2, 0.25) is 0 Å². The molecule has 0 radical (unpaired) electrons. The summed E-state index contributed by atoms with van der Waals surface area (Å²) in [6.45, 7) is 9.15. The SMILES string of the molecule is C=Cc1c(C)cc(Cl)c(OC)c1N=C. The molecular weight excluding hydrogens is 198 g/mol. The number of methoxy groups -OCH3 is 1. The molecule has 14 heavy (non-hydrogen) atoms. The Morgan fingerprint density at radius 1 is 1.57 bits per heavy atom. The number of rotatable bonds is 3. The number of ether oxygens (including phenoxy) is 1. The quantitative estimate of drug-likeness (QED) is 0.697. The van der Waals surface area contributed by atoms with Crippen molar-refractivity contribution in [3.8, 4) is 5.75 Å². The van der Waals surface area contributed by atoms with Crippen molar-refractivity contribution in [2.75, 3.05) is 7.11 Å². The van der Waals surface area contributed by atoms with Gasteiger partial charge in [0.15, 0.2) is 5.75 Å². The van der Waals surface area contributed by atoms with Crippen molar-refractivity contribution in [2.45, 2.75) is 6.92 Å². The third-order valence-corrected chi connectivity index (χ3v) is 2.30. The van der Waals surface area contributed by atoms with Gasteiger partial charge < -0.3 is 4.74 Å². The normalized spacial score (nSPS) is 9.64. The van der Waals surface area contributed by atoms with Gasteiger partial charge >= 0.3 is 0 Å². The van der Waals surface area contributed by atoms with Crippen LogP contribution >= 0.6 is 11.6 Å². The number of hydrogen-bond donors (Lipinski definition) is 0. The number of nitrogens with zero attached hydrogens (tertiary/aromatic N) is 1. The second kappa shape index (κ2) is 4.29. The zero-order valence-electron chi connectivity index (χ0n) is 8.30. The number of aliphatic imine (C=N–C) groups is 1. The van der Waals surface area contributed by atoms with Crippen LogP contribution in [0.4, 0.5) is 5.69 Å². The van der Waals surface area contributed by atoms with Gasteiger partial charge in [-0.25, -0.2) is 0 Å². The van der Waals surface area contributed by atoms with Crippen molar-refractivity contribution in [1.29, 1.82) is 0 Å². The predicted octanol–water partition coefficient (Wildman–Crippen LogP) is 3.63. The van der Waals surface area contributed by atoms with Crippen LogP contribution in [0.25, 0.3) is 6.08 Å². The van der Waals surface area contributed by atoms with Gasteiger partial charge in [0.1, 0.15) is 5.69 Å². The monoisotopic (exact) mass is 209 g/mol. The standard InChI is InChI=1S/C11H12ClNO/c1-5-8-7(2)6-9(12)11(14-4)10(8)13-3/h5-6H,1,3H2,2,4H3. The van der Waals surface area contributed by atoms with Crippen molar-refractivity contribution in [3.05, 3.63) is 28.8 Å². The van der Waals surface area contributed by atoms with Crippen LogP contribution in [0.5, 0.6) is 5.75 Å². The summed E-state index contributed by atoms with van der Waals surface area (Å²) in [4.78, 5) is 3.90. The molecule has 0 amide bonds. The fraction of sp³-hybridized carbons (Fsp3) is 0.182. The Hall–Kier alpha value is -1.28. The molecule has 0 aromatic heterocycles. The second-order valence-electron chi connectivity index (χ2n) is 2.83. The molecule has 2 nitrogen and oxygen atoms in total. The highest BCUT2D eigenvalue weighted by Gasteiger charge is 2.12. The minimum atomic E-state index is 0.540. The first-order valence-electron chi connectivity index (χ1n) is 4.12. The molecule has 0 aliphatic carbocycles. The van der Waals surface area contributed by atoms with Crippen LogP contribution in [-0.4, -0.2) is 13.8 Å². The maximum atomic E-state index is 6.00. The Kier molecular flexibility index (Phi) is 3.31. The Labute approximate surface area is 88.9 Å². The third-order valence-electron chi connectivity index (χ3n) is 2.02. The second-order valence-corrected chi connectivity index (χ2v) is 3.24. The molecule has 74 valence electrons. The van der Waals surface area contributed by atoms with E-state index in [1.165, 1.54) is 0 Å². The Morgan fingerprint density at radius 3 is 2.64 bits per heavy atom. The molecule has 0 unspecified atom stereocenters. The number of aryl methyl sites for hydroxylation is 1. The van der Waals surface area contributed by atoms with E-state index in [-0.39, 0.29) is 0 Å². The van der Waals surface area contributed by atoms with Crippen LogP contribution in [0.3, 0.4) is 0 Å². The van der Waals surface area contributed by atoms with Gasteiger partial charge in [0, 0.05) is 5.56 Å². The first-order valence-corrected chi connectivity index (χ1v) is 4.49.